The van der Waals surface area contributed by atoms with E-state index in [0.717, 1.165) is 33.5 Å². The summed E-state index contributed by atoms with van der Waals surface area (Å²) >= 11 is 1.56. The highest BCUT2D eigenvalue weighted by atomic mass is 32.1. The van der Waals surface area contributed by atoms with Gasteiger partial charge in [0.25, 0.3) is 0 Å². The minimum absolute atomic E-state index is 0.220. The summed E-state index contributed by atoms with van der Waals surface area (Å²) in [7, 11) is 0. The fraction of sp³-hybridized carbons (Fsp3) is 0.0952. The number of hydrogen-bond acceptors (Lipinski definition) is 6. The second-order valence-electron chi connectivity index (χ2n) is 6.15. The lowest BCUT2D eigenvalue weighted by Gasteiger charge is -2.08. The van der Waals surface area contributed by atoms with Crippen molar-refractivity contribution in [3.05, 3.63) is 89.3 Å². The highest BCUT2D eigenvalue weighted by Gasteiger charge is 2.04. The number of nitrogens with zero attached hydrogens (tertiary/aromatic N) is 3. The van der Waals surface area contributed by atoms with Crippen molar-refractivity contribution in [2.24, 2.45) is 0 Å². The predicted octanol–water partition coefficient (Wildman–Crippen LogP) is 4.77. The molecular weight excluding hydrogens is 373 g/mol. The second-order valence-corrected chi connectivity index (χ2v) is 7.05. The Balaban J connectivity index is 1.33. The predicted molar refractivity (Wildman–Crippen MR) is 110 cm³/mol. The summed E-state index contributed by atoms with van der Waals surface area (Å²) in [6.07, 6.45) is 3.59. The molecule has 0 unspecified atom stereocenters. The first-order chi connectivity index (χ1) is 13.8. The van der Waals surface area contributed by atoms with Gasteiger partial charge in [0.05, 0.1) is 0 Å². The summed E-state index contributed by atoms with van der Waals surface area (Å²) < 4.78 is 12.9. The van der Waals surface area contributed by atoms with Crippen molar-refractivity contribution >= 4 is 23.0 Å². The molecular formula is C21H18FN5S. The first-order valence-corrected chi connectivity index (χ1v) is 9.68. The van der Waals surface area contributed by atoms with Gasteiger partial charge in [-0.1, -0.05) is 24.3 Å². The number of hydrogen-bond donors (Lipinski definition) is 2. The van der Waals surface area contributed by atoms with Gasteiger partial charge in [-0.2, -0.15) is 0 Å². The smallest absolute Gasteiger partial charge is 0.141 e. The molecule has 2 N–H and O–H groups in total. The average Bonchev–Trinajstić information content (AvgIpc) is 3.26. The van der Waals surface area contributed by atoms with E-state index in [1.165, 1.54) is 12.1 Å². The molecule has 28 heavy (non-hydrogen) atoms. The van der Waals surface area contributed by atoms with Crippen molar-refractivity contribution in [1.29, 1.82) is 0 Å². The minimum Gasteiger partial charge on any atom is -0.325 e. The third kappa shape index (κ3) is 4.76. The van der Waals surface area contributed by atoms with Gasteiger partial charge in [-0.25, -0.2) is 19.3 Å². The molecule has 3 heterocycles. The number of anilines is 2. The molecule has 4 aromatic rings. The Bertz CT molecular complexity index is 1020. The number of aromatic nitrogens is 3. The van der Waals surface area contributed by atoms with Gasteiger partial charge in [-0.3, -0.25) is 0 Å². The van der Waals surface area contributed by atoms with E-state index in [1.807, 2.05) is 41.9 Å². The van der Waals surface area contributed by atoms with E-state index < -0.39 is 0 Å². The fourth-order valence-corrected chi connectivity index (χ4v) is 3.27. The Kier molecular flexibility index (Phi) is 5.65. The Labute approximate surface area is 166 Å². The van der Waals surface area contributed by atoms with Crippen LogP contribution in [0.5, 0.6) is 0 Å². The average molecular weight is 391 g/mol. The quantitative estimate of drug-likeness (QED) is 0.475. The molecule has 3 aromatic heterocycles. The molecule has 0 spiro atoms. The second kappa shape index (κ2) is 8.69. The largest absolute Gasteiger partial charge is 0.325 e. The van der Waals surface area contributed by atoms with E-state index in [4.69, 9.17) is 0 Å². The van der Waals surface area contributed by atoms with E-state index >= 15 is 0 Å². The van der Waals surface area contributed by atoms with Crippen molar-refractivity contribution < 1.29 is 4.39 Å². The minimum atomic E-state index is -0.220. The number of halogens is 1. The SMILES string of the molecule is Fc1ccc(CNCc2ccc(Nc3cccc(-c4nccs4)n3)nc2)cc1. The summed E-state index contributed by atoms with van der Waals surface area (Å²) in [5, 5.41) is 9.37. The molecule has 0 saturated heterocycles. The zero-order chi connectivity index (χ0) is 19.2. The van der Waals surface area contributed by atoms with Crippen molar-refractivity contribution in [2.75, 3.05) is 5.32 Å². The number of thiazole rings is 1. The van der Waals surface area contributed by atoms with E-state index in [1.54, 1.807) is 29.7 Å². The molecule has 0 bridgehead atoms. The third-order valence-corrected chi connectivity index (χ3v) is 4.85. The monoisotopic (exact) mass is 391 g/mol. The zero-order valence-corrected chi connectivity index (χ0v) is 15.8. The summed E-state index contributed by atoms with van der Waals surface area (Å²) in [6.45, 7) is 1.36. The van der Waals surface area contributed by atoms with Gasteiger partial charge >= 0.3 is 0 Å². The van der Waals surface area contributed by atoms with Crippen LogP contribution >= 0.6 is 11.3 Å². The van der Waals surface area contributed by atoms with Crippen LogP contribution in [0.1, 0.15) is 11.1 Å². The van der Waals surface area contributed by atoms with Crippen LogP contribution in [0.25, 0.3) is 10.7 Å². The van der Waals surface area contributed by atoms with E-state index in [9.17, 15) is 4.39 Å². The van der Waals surface area contributed by atoms with Crippen LogP contribution in [0, 0.1) is 5.82 Å². The maximum atomic E-state index is 12.9. The summed E-state index contributed by atoms with van der Waals surface area (Å²) in [5.74, 6) is 1.23. The Morgan fingerprint density at radius 1 is 0.857 bits per heavy atom. The molecule has 0 aliphatic heterocycles. The lowest BCUT2D eigenvalue weighted by atomic mass is 10.2. The van der Waals surface area contributed by atoms with E-state index in [2.05, 4.69) is 25.6 Å². The molecule has 0 fully saturated rings. The standard InChI is InChI=1S/C21H18FN5S/c22-17-7-4-15(5-8-17)12-23-13-16-6-9-19(25-14-16)27-20-3-1-2-18(26-20)21-24-10-11-28-21/h1-11,14,23H,12-13H2,(H,25,26,27). The van der Waals surface area contributed by atoms with Crippen LogP contribution < -0.4 is 10.6 Å². The maximum absolute atomic E-state index is 12.9. The highest BCUT2D eigenvalue weighted by molar-refractivity contribution is 7.13. The Morgan fingerprint density at radius 3 is 2.43 bits per heavy atom. The molecule has 0 radical (unpaired) electrons. The van der Waals surface area contributed by atoms with Crippen LogP contribution in [-0.2, 0) is 13.1 Å². The number of pyridine rings is 2. The lowest BCUT2D eigenvalue weighted by Crippen LogP contribution is -2.12. The third-order valence-electron chi connectivity index (χ3n) is 4.05. The van der Waals surface area contributed by atoms with Crippen molar-refractivity contribution in [2.45, 2.75) is 13.1 Å². The van der Waals surface area contributed by atoms with Gasteiger partial charge in [0, 0.05) is 30.9 Å². The molecule has 140 valence electrons. The molecule has 5 nitrogen and oxygen atoms in total. The van der Waals surface area contributed by atoms with Crippen molar-refractivity contribution in [3.8, 4) is 10.7 Å². The molecule has 0 aliphatic carbocycles. The maximum Gasteiger partial charge on any atom is 0.141 e. The molecule has 0 atom stereocenters. The fourth-order valence-electron chi connectivity index (χ4n) is 2.66. The van der Waals surface area contributed by atoms with Crippen LogP contribution in [-0.4, -0.2) is 15.0 Å². The molecule has 4 rings (SSSR count). The summed E-state index contributed by atoms with van der Waals surface area (Å²) in [6, 6.07) is 16.2. The number of rotatable bonds is 7. The van der Waals surface area contributed by atoms with Crippen molar-refractivity contribution in [3.63, 3.8) is 0 Å². The zero-order valence-electron chi connectivity index (χ0n) is 15.0. The van der Waals surface area contributed by atoms with Crippen LogP contribution in [0.3, 0.4) is 0 Å². The van der Waals surface area contributed by atoms with Gasteiger partial charge in [0.15, 0.2) is 0 Å². The van der Waals surface area contributed by atoms with Crippen LogP contribution in [0.15, 0.2) is 72.4 Å². The molecule has 1 aromatic carbocycles. The van der Waals surface area contributed by atoms with Crippen molar-refractivity contribution in [1.82, 2.24) is 20.3 Å². The lowest BCUT2D eigenvalue weighted by molar-refractivity contribution is 0.625. The molecule has 0 aliphatic rings. The summed E-state index contributed by atoms with van der Waals surface area (Å²) in [4.78, 5) is 13.3. The highest BCUT2D eigenvalue weighted by Crippen LogP contribution is 2.22. The first kappa shape index (κ1) is 18.2. The molecule has 7 heteroatoms. The Hall–Kier alpha value is -3.16. The van der Waals surface area contributed by atoms with Gasteiger partial charge in [-0.15, -0.1) is 11.3 Å². The molecule has 0 amide bonds. The van der Waals surface area contributed by atoms with Gasteiger partial charge < -0.3 is 10.6 Å². The topological polar surface area (TPSA) is 62.7 Å². The van der Waals surface area contributed by atoms with Gasteiger partial charge in [0.1, 0.15) is 28.2 Å². The number of nitrogens with one attached hydrogen (secondary N) is 2. The van der Waals surface area contributed by atoms with Gasteiger partial charge in [0.2, 0.25) is 0 Å². The van der Waals surface area contributed by atoms with Crippen LogP contribution in [0.4, 0.5) is 16.0 Å². The summed E-state index contributed by atoms with van der Waals surface area (Å²) in [5.41, 5.74) is 2.94. The first-order valence-electron chi connectivity index (χ1n) is 8.80. The van der Waals surface area contributed by atoms with E-state index in [0.29, 0.717) is 13.1 Å². The number of benzene rings is 1. The van der Waals surface area contributed by atoms with Gasteiger partial charge in [-0.05, 0) is 41.5 Å². The van der Waals surface area contributed by atoms with Crippen LogP contribution in [0.2, 0.25) is 0 Å². The Morgan fingerprint density at radius 2 is 1.68 bits per heavy atom. The molecule has 0 saturated carbocycles. The van der Waals surface area contributed by atoms with E-state index in [-0.39, 0.29) is 5.82 Å². The normalized spacial score (nSPS) is 10.8.